The molecule has 0 amide bonds. The molecule has 0 radical (unpaired) electrons. The molecule has 2 rings (SSSR count). The summed E-state index contributed by atoms with van der Waals surface area (Å²) in [4.78, 5) is 0. The summed E-state index contributed by atoms with van der Waals surface area (Å²) in [5, 5.41) is 10.4. The van der Waals surface area contributed by atoms with E-state index >= 15 is 0 Å². The predicted molar refractivity (Wildman–Crippen MR) is 65.1 cm³/mol. The van der Waals surface area contributed by atoms with Crippen LogP contribution in [-0.2, 0) is 0 Å². The van der Waals surface area contributed by atoms with Crippen molar-refractivity contribution >= 4 is 11.6 Å². The molecule has 0 aromatic heterocycles. The van der Waals surface area contributed by atoms with E-state index in [1.54, 1.807) is 37.4 Å². The Morgan fingerprint density at radius 3 is 2.50 bits per heavy atom. The smallest absolute Gasteiger partial charge is 0.126 e. The van der Waals surface area contributed by atoms with E-state index in [1.807, 2.05) is 12.1 Å². The molecular formula is C13H11ClO2. The SMILES string of the molecule is COc1ccc(Cl)cc1-c1ccccc1O. The van der Waals surface area contributed by atoms with E-state index in [0.717, 1.165) is 5.56 Å². The molecule has 0 unspecified atom stereocenters. The molecule has 2 aromatic rings. The van der Waals surface area contributed by atoms with Gasteiger partial charge in [-0.2, -0.15) is 0 Å². The molecule has 1 N–H and O–H groups in total. The molecule has 82 valence electrons. The van der Waals surface area contributed by atoms with Crippen LogP contribution in [0.2, 0.25) is 5.02 Å². The fraction of sp³-hybridized carbons (Fsp3) is 0.0769. The van der Waals surface area contributed by atoms with Gasteiger partial charge in [0.25, 0.3) is 0 Å². The van der Waals surface area contributed by atoms with Gasteiger partial charge in [-0.15, -0.1) is 0 Å². The first-order valence-corrected chi connectivity index (χ1v) is 5.22. The van der Waals surface area contributed by atoms with Crippen LogP contribution >= 0.6 is 11.6 Å². The zero-order valence-electron chi connectivity index (χ0n) is 8.77. The molecule has 0 aliphatic rings. The minimum absolute atomic E-state index is 0.211. The lowest BCUT2D eigenvalue weighted by molar-refractivity contribution is 0.415. The predicted octanol–water partition coefficient (Wildman–Crippen LogP) is 3.72. The highest BCUT2D eigenvalue weighted by atomic mass is 35.5. The highest BCUT2D eigenvalue weighted by Crippen LogP contribution is 2.36. The van der Waals surface area contributed by atoms with Gasteiger partial charge in [0.2, 0.25) is 0 Å². The molecule has 3 heteroatoms. The fourth-order valence-electron chi connectivity index (χ4n) is 1.59. The van der Waals surface area contributed by atoms with Crippen LogP contribution in [0.1, 0.15) is 0 Å². The van der Waals surface area contributed by atoms with Gasteiger partial charge in [-0.3, -0.25) is 0 Å². The Bertz CT molecular complexity index is 509. The number of aromatic hydroxyl groups is 1. The average molecular weight is 235 g/mol. The Labute approximate surface area is 99.1 Å². The summed E-state index contributed by atoms with van der Waals surface area (Å²) >= 11 is 5.94. The van der Waals surface area contributed by atoms with Crippen LogP contribution in [0.15, 0.2) is 42.5 Å². The van der Waals surface area contributed by atoms with Crippen molar-refractivity contribution in [2.75, 3.05) is 7.11 Å². The van der Waals surface area contributed by atoms with Gasteiger partial charge in [0.15, 0.2) is 0 Å². The molecule has 2 aromatic carbocycles. The molecule has 0 saturated heterocycles. The van der Waals surface area contributed by atoms with Crippen LogP contribution in [0.3, 0.4) is 0 Å². The van der Waals surface area contributed by atoms with Crippen molar-refractivity contribution in [1.29, 1.82) is 0 Å². The monoisotopic (exact) mass is 234 g/mol. The number of methoxy groups -OCH3 is 1. The second-order valence-electron chi connectivity index (χ2n) is 3.36. The summed E-state index contributed by atoms with van der Waals surface area (Å²) in [5.41, 5.74) is 1.50. The molecule has 0 aliphatic carbocycles. The number of para-hydroxylation sites is 1. The van der Waals surface area contributed by atoms with Gasteiger partial charge < -0.3 is 9.84 Å². The lowest BCUT2D eigenvalue weighted by Gasteiger charge is -2.10. The van der Waals surface area contributed by atoms with E-state index < -0.39 is 0 Å². The van der Waals surface area contributed by atoms with E-state index in [-0.39, 0.29) is 5.75 Å². The van der Waals surface area contributed by atoms with E-state index in [9.17, 15) is 5.11 Å². The molecule has 0 saturated carbocycles. The third-order valence-electron chi connectivity index (χ3n) is 2.36. The van der Waals surface area contributed by atoms with E-state index in [0.29, 0.717) is 16.3 Å². The van der Waals surface area contributed by atoms with Gasteiger partial charge in [-0.05, 0) is 24.3 Å². The van der Waals surface area contributed by atoms with Gasteiger partial charge in [0.05, 0.1) is 7.11 Å². The molecule has 0 spiro atoms. The van der Waals surface area contributed by atoms with E-state index in [4.69, 9.17) is 16.3 Å². The van der Waals surface area contributed by atoms with Crippen LogP contribution in [-0.4, -0.2) is 12.2 Å². The quantitative estimate of drug-likeness (QED) is 0.858. The molecule has 0 atom stereocenters. The molecule has 0 bridgehead atoms. The summed E-state index contributed by atoms with van der Waals surface area (Å²) in [6, 6.07) is 12.4. The van der Waals surface area contributed by atoms with Gasteiger partial charge in [0.1, 0.15) is 11.5 Å². The van der Waals surface area contributed by atoms with Gasteiger partial charge >= 0.3 is 0 Å². The van der Waals surface area contributed by atoms with Crippen molar-refractivity contribution in [3.05, 3.63) is 47.5 Å². The number of hydrogen-bond donors (Lipinski definition) is 1. The van der Waals surface area contributed by atoms with Crippen molar-refractivity contribution in [3.63, 3.8) is 0 Å². The Morgan fingerprint density at radius 1 is 1.06 bits per heavy atom. The Balaban J connectivity index is 2.63. The van der Waals surface area contributed by atoms with Crippen molar-refractivity contribution < 1.29 is 9.84 Å². The summed E-state index contributed by atoms with van der Waals surface area (Å²) in [7, 11) is 1.59. The molecule has 0 aliphatic heterocycles. The van der Waals surface area contributed by atoms with Crippen molar-refractivity contribution in [2.24, 2.45) is 0 Å². The number of halogens is 1. The summed E-state index contributed by atoms with van der Waals surface area (Å²) in [6.45, 7) is 0. The number of benzene rings is 2. The van der Waals surface area contributed by atoms with Crippen LogP contribution in [0.25, 0.3) is 11.1 Å². The van der Waals surface area contributed by atoms with Crippen LogP contribution in [0.5, 0.6) is 11.5 Å². The summed E-state index contributed by atoms with van der Waals surface area (Å²) < 4.78 is 5.24. The molecular weight excluding hydrogens is 224 g/mol. The lowest BCUT2D eigenvalue weighted by Crippen LogP contribution is -1.88. The first-order chi connectivity index (χ1) is 7.72. The van der Waals surface area contributed by atoms with E-state index in [1.165, 1.54) is 0 Å². The number of phenolic OH excluding ortho intramolecular Hbond substituents is 1. The number of hydrogen-bond acceptors (Lipinski definition) is 2. The maximum atomic E-state index is 9.78. The average Bonchev–Trinajstić information content (AvgIpc) is 2.29. The standard InChI is InChI=1S/C13H11ClO2/c1-16-13-7-6-9(14)8-11(13)10-4-2-3-5-12(10)15/h2-8,15H,1H3. The molecule has 0 fully saturated rings. The normalized spacial score (nSPS) is 10.1. The lowest BCUT2D eigenvalue weighted by atomic mass is 10.0. The number of phenols is 1. The maximum Gasteiger partial charge on any atom is 0.126 e. The van der Waals surface area contributed by atoms with Crippen LogP contribution < -0.4 is 4.74 Å². The zero-order chi connectivity index (χ0) is 11.5. The summed E-state index contributed by atoms with van der Waals surface area (Å²) in [6.07, 6.45) is 0. The molecule has 16 heavy (non-hydrogen) atoms. The Morgan fingerprint density at radius 2 is 1.81 bits per heavy atom. The Kier molecular flexibility index (Phi) is 3.02. The first-order valence-electron chi connectivity index (χ1n) is 4.84. The second-order valence-corrected chi connectivity index (χ2v) is 3.80. The minimum atomic E-state index is 0.211. The van der Waals surface area contributed by atoms with Gasteiger partial charge in [-0.1, -0.05) is 29.8 Å². The van der Waals surface area contributed by atoms with Gasteiger partial charge in [-0.25, -0.2) is 0 Å². The molecule has 0 heterocycles. The highest BCUT2D eigenvalue weighted by Gasteiger charge is 2.09. The van der Waals surface area contributed by atoms with Crippen LogP contribution in [0, 0.1) is 0 Å². The van der Waals surface area contributed by atoms with Gasteiger partial charge in [0, 0.05) is 16.1 Å². The second kappa shape index (κ2) is 4.45. The van der Waals surface area contributed by atoms with E-state index in [2.05, 4.69) is 0 Å². The highest BCUT2D eigenvalue weighted by molar-refractivity contribution is 6.31. The third kappa shape index (κ3) is 1.97. The van der Waals surface area contributed by atoms with Crippen molar-refractivity contribution in [3.8, 4) is 22.6 Å². The zero-order valence-corrected chi connectivity index (χ0v) is 9.53. The minimum Gasteiger partial charge on any atom is -0.507 e. The topological polar surface area (TPSA) is 29.5 Å². The summed E-state index contributed by atoms with van der Waals surface area (Å²) in [5.74, 6) is 0.897. The third-order valence-corrected chi connectivity index (χ3v) is 2.59. The van der Waals surface area contributed by atoms with Crippen LogP contribution in [0.4, 0.5) is 0 Å². The fourth-order valence-corrected chi connectivity index (χ4v) is 1.76. The van der Waals surface area contributed by atoms with Crippen molar-refractivity contribution in [2.45, 2.75) is 0 Å². The number of rotatable bonds is 2. The largest absolute Gasteiger partial charge is 0.507 e. The number of ether oxygens (including phenoxy) is 1. The Hall–Kier alpha value is -1.67. The molecule has 2 nitrogen and oxygen atoms in total. The van der Waals surface area contributed by atoms with Crippen molar-refractivity contribution in [1.82, 2.24) is 0 Å². The first kappa shape index (κ1) is 10.8. The maximum absolute atomic E-state index is 9.78.